The average Bonchev–Trinajstić information content (AvgIpc) is 2.90. The Balaban J connectivity index is 1.74. The lowest BCUT2D eigenvalue weighted by atomic mass is 10.1. The van der Waals surface area contributed by atoms with Crippen LogP contribution in [0.1, 0.15) is 28.1 Å². The zero-order chi connectivity index (χ0) is 19.4. The molecule has 0 atom stereocenters. The number of anilines is 1. The molecule has 2 heterocycles. The molecule has 0 saturated heterocycles. The Kier molecular flexibility index (Phi) is 5.72. The normalized spacial score (nSPS) is 11.1. The van der Waals surface area contributed by atoms with Crippen molar-refractivity contribution >= 4 is 29.4 Å². The summed E-state index contributed by atoms with van der Waals surface area (Å²) in [5.74, 6) is 0.294. The van der Waals surface area contributed by atoms with Crippen LogP contribution >= 0.6 is 11.6 Å². The number of hydrogen-bond acceptors (Lipinski definition) is 3. The molecular formula is C21H21ClN4O. The van der Waals surface area contributed by atoms with Crippen LogP contribution in [0.3, 0.4) is 0 Å². The van der Waals surface area contributed by atoms with Gasteiger partial charge < -0.3 is 5.32 Å². The molecule has 1 aromatic carbocycles. The highest BCUT2D eigenvalue weighted by atomic mass is 35.5. The fourth-order valence-corrected chi connectivity index (χ4v) is 2.96. The van der Waals surface area contributed by atoms with Gasteiger partial charge in [-0.2, -0.15) is 5.10 Å². The Morgan fingerprint density at radius 1 is 1.19 bits per heavy atom. The van der Waals surface area contributed by atoms with E-state index in [0.29, 0.717) is 17.4 Å². The van der Waals surface area contributed by atoms with Crippen molar-refractivity contribution in [2.24, 2.45) is 0 Å². The Morgan fingerprint density at radius 2 is 1.96 bits per heavy atom. The summed E-state index contributed by atoms with van der Waals surface area (Å²) in [6.45, 7) is 6.44. The van der Waals surface area contributed by atoms with Crippen LogP contribution in [0.5, 0.6) is 0 Å². The number of nitrogens with one attached hydrogen (secondary N) is 1. The van der Waals surface area contributed by atoms with Crippen LogP contribution in [0.2, 0.25) is 5.02 Å². The number of aromatic nitrogens is 3. The predicted octanol–water partition coefficient (Wildman–Crippen LogP) is 4.56. The minimum Gasteiger partial charge on any atom is -0.307 e. The van der Waals surface area contributed by atoms with Gasteiger partial charge in [0.25, 0.3) is 0 Å². The molecule has 0 spiro atoms. The Morgan fingerprint density at radius 3 is 2.67 bits per heavy atom. The predicted molar refractivity (Wildman–Crippen MR) is 109 cm³/mol. The summed E-state index contributed by atoms with van der Waals surface area (Å²) < 4.78 is 1.90. The molecule has 6 heteroatoms. The molecule has 0 saturated carbocycles. The summed E-state index contributed by atoms with van der Waals surface area (Å²) >= 11 is 6.25. The molecule has 0 fully saturated rings. The molecule has 0 aliphatic heterocycles. The molecule has 0 bridgehead atoms. The van der Waals surface area contributed by atoms with E-state index in [1.54, 1.807) is 18.3 Å². The molecule has 0 aliphatic carbocycles. The van der Waals surface area contributed by atoms with Crippen molar-refractivity contribution in [2.75, 3.05) is 5.32 Å². The first-order valence-electron chi connectivity index (χ1n) is 8.63. The average molecular weight is 381 g/mol. The highest BCUT2D eigenvalue weighted by molar-refractivity contribution is 6.31. The Labute approximate surface area is 163 Å². The van der Waals surface area contributed by atoms with Gasteiger partial charge in [0.1, 0.15) is 5.82 Å². The third-order valence-electron chi connectivity index (χ3n) is 4.28. The van der Waals surface area contributed by atoms with Crippen LogP contribution in [-0.4, -0.2) is 20.7 Å². The number of carbonyl (C=O) groups is 1. The number of halogens is 1. The van der Waals surface area contributed by atoms with E-state index in [2.05, 4.69) is 15.4 Å². The van der Waals surface area contributed by atoms with Crippen LogP contribution in [0.4, 0.5) is 5.82 Å². The second-order valence-corrected chi connectivity index (χ2v) is 6.78. The highest BCUT2D eigenvalue weighted by Crippen LogP contribution is 2.20. The van der Waals surface area contributed by atoms with E-state index in [4.69, 9.17) is 11.6 Å². The first kappa shape index (κ1) is 18.9. The molecule has 0 unspecified atom stereocenters. The molecular weight excluding hydrogens is 360 g/mol. The van der Waals surface area contributed by atoms with E-state index < -0.39 is 0 Å². The van der Waals surface area contributed by atoms with Gasteiger partial charge in [-0.15, -0.1) is 0 Å². The standard InChI is InChI=1S/C21H21ClN4O/c1-14-8-10-20(23-12-14)24-21(27)11-9-18-15(2)25-26(16(18)3)13-17-6-4-5-7-19(17)22/h4-12H,13H2,1-3H3,(H,23,24,27). The zero-order valence-electron chi connectivity index (χ0n) is 15.5. The number of carbonyl (C=O) groups excluding carboxylic acids is 1. The number of amides is 1. The lowest BCUT2D eigenvalue weighted by Crippen LogP contribution is -2.09. The second-order valence-electron chi connectivity index (χ2n) is 6.38. The molecule has 138 valence electrons. The number of benzene rings is 1. The van der Waals surface area contributed by atoms with Gasteiger partial charge in [0.2, 0.25) is 5.91 Å². The quantitative estimate of drug-likeness (QED) is 0.660. The van der Waals surface area contributed by atoms with Crippen molar-refractivity contribution in [3.8, 4) is 0 Å². The van der Waals surface area contributed by atoms with Crippen molar-refractivity contribution in [1.82, 2.24) is 14.8 Å². The van der Waals surface area contributed by atoms with Crippen molar-refractivity contribution in [3.05, 3.63) is 81.8 Å². The minimum atomic E-state index is -0.232. The molecule has 27 heavy (non-hydrogen) atoms. The highest BCUT2D eigenvalue weighted by Gasteiger charge is 2.11. The summed E-state index contributed by atoms with van der Waals surface area (Å²) in [4.78, 5) is 16.3. The maximum Gasteiger partial charge on any atom is 0.249 e. The maximum absolute atomic E-state index is 12.2. The summed E-state index contributed by atoms with van der Waals surface area (Å²) in [5.41, 5.74) is 4.81. The Bertz CT molecular complexity index is 990. The number of aryl methyl sites for hydroxylation is 2. The lowest BCUT2D eigenvalue weighted by Gasteiger charge is -2.06. The molecule has 0 aliphatic rings. The van der Waals surface area contributed by atoms with E-state index in [0.717, 1.165) is 28.1 Å². The van der Waals surface area contributed by atoms with Crippen molar-refractivity contribution < 1.29 is 4.79 Å². The van der Waals surface area contributed by atoms with Crippen LogP contribution in [0.25, 0.3) is 6.08 Å². The van der Waals surface area contributed by atoms with Gasteiger partial charge in [-0.05, 0) is 50.1 Å². The molecule has 0 radical (unpaired) electrons. The van der Waals surface area contributed by atoms with Crippen molar-refractivity contribution in [2.45, 2.75) is 27.3 Å². The van der Waals surface area contributed by atoms with Gasteiger partial charge in [0.05, 0.1) is 12.2 Å². The lowest BCUT2D eigenvalue weighted by molar-refractivity contribution is -0.111. The van der Waals surface area contributed by atoms with Crippen LogP contribution in [0.15, 0.2) is 48.7 Å². The molecule has 1 N–H and O–H groups in total. The maximum atomic E-state index is 12.2. The van der Waals surface area contributed by atoms with Gasteiger partial charge in [0, 0.05) is 28.6 Å². The number of rotatable bonds is 5. The third kappa shape index (κ3) is 4.63. The van der Waals surface area contributed by atoms with Gasteiger partial charge in [-0.3, -0.25) is 9.48 Å². The molecule has 2 aromatic heterocycles. The van der Waals surface area contributed by atoms with Crippen molar-refractivity contribution in [3.63, 3.8) is 0 Å². The first-order chi connectivity index (χ1) is 12.9. The topological polar surface area (TPSA) is 59.8 Å². The van der Waals surface area contributed by atoms with E-state index in [9.17, 15) is 4.79 Å². The zero-order valence-corrected chi connectivity index (χ0v) is 16.3. The number of hydrogen-bond donors (Lipinski definition) is 1. The van der Waals surface area contributed by atoms with Gasteiger partial charge >= 0.3 is 0 Å². The monoisotopic (exact) mass is 380 g/mol. The summed E-state index contributed by atoms with van der Waals surface area (Å²) in [5, 5.41) is 8.05. The second kappa shape index (κ2) is 8.18. The third-order valence-corrected chi connectivity index (χ3v) is 4.65. The van der Waals surface area contributed by atoms with Crippen molar-refractivity contribution in [1.29, 1.82) is 0 Å². The number of pyridine rings is 1. The molecule has 5 nitrogen and oxygen atoms in total. The minimum absolute atomic E-state index is 0.232. The van der Waals surface area contributed by atoms with Crippen LogP contribution in [0, 0.1) is 20.8 Å². The van der Waals surface area contributed by atoms with Crippen LogP contribution in [-0.2, 0) is 11.3 Å². The van der Waals surface area contributed by atoms with Gasteiger partial charge in [0.15, 0.2) is 0 Å². The summed E-state index contributed by atoms with van der Waals surface area (Å²) in [6.07, 6.45) is 5.00. The smallest absolute Gasteiger partial charge is 0.249 e. The molecule has 3 rings (SSSR count). The largest absolute Gasteiger partial charge is 0.307 e. The first-order valence-corrected chi connectivity index (χ1v) is 9.01. The fraction of sp³-hybridized carbons (Fsp3) is 0.190. The van der Waals surface area contributed by atoms with E-state index in [-0.39, 0.29) is 5.91 Å². The molecule has 3 aromatic rings. The fourth-order valence-electron chi connectivity index (χ4n) is 2.76. The van der Waals surface area contributed by atoms with Gasteiger partial charge in [-0.25, -0.2) is 4.98 Å². The summed E-state index contributed by atoms with van der Waals surface area (Å²) in [6, 6.07) is 11.4. The summed E-state index contributed by atoms with van der Waals surface area (Å²) in [7, 11) is 0. The van der Waals surface area contributed by atoms with Crippen LogP contribution < -0.4 is 5.32 Å². The van der Waals surface area contributed by atoms with E-state index in [1.807, 2.05) is 55.8 Å². The number of nitrogens with zero attached hydrogens (tertiary/aromatic N) is 3. The molecule has 1 amide bonds. The van der Waals surface area contributed by atoms with E-state index >= 15 is 0 Å². The Hall–Kier alpha value is -2.92. The van der Waals surface area contributed by atoms with E-state index in [1.165, 1.54) is 6.08 Å². The van der Waals surface area contributed by atoms with Gasteiger partial charge in [-0.1, -0.05) is 35.9 Å². The SMILES string of the molecule is Cc1ccc(NC(=O)C=Cc2c(C)nn(Cc3ccccc3Cl)c2C)nc1.